The maximum atomic E-state index is 2.31. The molecule has 1 aliphatic heterocycles. The Hall–Kier alpha value is 0.250. The number of hydrogen-bond donors (Lipinski definition) is 1. The summed E-state index contributed by atoms with van der Waals surface area (Å²) in [6.07, 6.45) is 49.0. The molecule has 248 valence electrons. The Morgan fingerprint density at radius 3 is 1.10 bits per heavy atom. The van der Waals surface area contributed by atoms with Crippen molar-refractivity contribution in [3.63, 3.8) is 0 Å². The third kappa shape index (κ3) is 30.1. The van der Waals surface area contributed by atoms with E-state index in [1.807, 2.05) is 4.90 Å². The second-order valence-corrected chi connectivity index (χ2v) is 14.2. The summed E-state index contributed by atoms with van der Waals surface area (Å²) in [6, 6.07) is 0. The molecule has 0 amide bonds. The van der Waals surface area contributed by atoms with Gasteiger partial charge in [-0.1, -0.05) is 194 Å². The molecule has 0 aromatic carbocycles. The molecule has 1 rings (SSSR count). The van der Waals surface area contributed by atoms with Crippen LogP contribution < -0.4 is 17.3 Å². The fourth-order valence-corrected chi connectivity index (χ4v) is 7.28. The number of quaternary nitrogens is 1. The lowest BCUT2D eigenvalue weighted by atomic mass is 9.92. The summed E-state index contributed by atoms with van der Waals surface area (Å²) < 4.78 is 0. The molecule has 1 N–H and O–H groups in total. The van der Waals surface area contributed by atoms with Crippen LogP contribution in [0.5, 0.6) is 0 Å². The van der Waals surface area contributed by atoms with Crippen molar-refractivity contribution in [3.8, 4) is 0 Å². The van der Waals surface area contributed by atoms with Gasteiger partial charge in [-0.2, -0.15) is 0 Å². The van der Waals surface area contributed by atoms with Gasteiger partial charge >= 0.3 is 0 Å². The third-order valence-electron chi connectivity index (χ3n) is 10.1. The van der Waals surface area contributed by atoms with Crippen LogP contribution in [0.1, 0.15) is 226 Å². The van der Waals surface area contributed by atoms with Crippen LogP contribution in [0.3, 0.4) is 0 Å². The quantitative estimate of drug-likeness (QED) is 0.0736. The Kier molecular flexibility index (Phi) is 34.9. The molecule has 1 aliphatic rings. The zero-order valence-corrected chi connectivity index (χ0v) is 29.7. The van der Waals surface area contributed by atoms with Gasteiger partial charge in [-0.3, -0.25) is 0 Å². The highest BCUT2D eigenvalue weighted by molar-refractivity contribution is 4.63. The van der Waals surface area contributed by atoms with Gasteiger partial charge in [-0.15, -0.1) is 0 Å². The molecule has 0 spiro atoms. The fourth-order valence-electron chi connectivity index (χ4n) is 7.28. The summed E-state index contributed by atoms with van der Waals surface area (Å²) in [5.41, 5.74) is 0. The minimum absolute atomic E-state index is 0. The molecule has 0 aromatic heterocycles. The third-order valence-corrected chi connectivity index (χ3v) is 10.1. The summed E-state index contributed by atoms with van der Waals surface area (Å²) in [7, 11) is 0. The van der Waals surface area contributed by atoms with Crippen molar-refractivity contribution in [3.05, 3.63) is 0 Å². The largest absolute Gasteiger partial charge is 1.00 e. The molecule has 41 heavy (non-hydrogen) atoms. The van der Waals surface area contributed by atoms with Crippen LogP contribution in [-0.4, -0.2) is 19.6 Å². The first-order chi connectivity index (χ1) is 19.9. The molecule has 1 nitrogen and oxygen atoms in total. The van der Waals surface area contributed by atoms with Crippen molar-refractivity contribution in [2.75, 3.05) is 19.6 Å². The average molecular weight is 599 g/mol. The molecular weight excluding hydrogens is 518 g/mol. The van der Waals surface area contributed by atoms with Gasteiger partial charge in [0.05, 0.1) is 19.6 Å². The normalized spacial score (nSPS) is 17.1. The number of likely N-dealkylation sites (tertiary alicyclic amines) is 1. The van der Waals surface area contributed by atoms with Crippen LogP contribution in [0.2, 0.25) is 0 Å². The van der Waals surface area contributed by atoms with Crippen LogP contribution in [0.15, 0.2) is 0 Å². The first kappa shape index (κ1) is 41.2. The van der Waals surface area contributed by atoms with E-state index in [0.717, 1.165) is 5.92 Å². The van der Waals surface area contributed by atoms with E-state index in [2.05, 4.69) is 13.8 Å². The lowest BCUT2D eigenvalue weighted by molar-refractivity contribution is -0.909. The number of nitrogens with one attached hydrogen (secondary N) is 1. The van der Waals surface area contributed by atoms with E-state index in [0.29, 0.717) is 0 Å². The number of piperidine rings is 1. The van der Waals surface area contributed by atoms with Crippen LogP contribution in [0, 0.1) is 5.92 Å². The maximum absolute atomic E-state index is 2.31. The standard InChI is InChI=1S/C39H79N.ClH/c1-3-5-7-9-11-13-15-17-19-21-23-25-27-29-31-34-39-35-33-37-40(38-39)36-32-30-28-26-24-22-20-18-16-14-12-10-8-6-4-2;/h39H,3-38H2,1-2H3;1H. The van der Waals surface area contributed by atoms with Gasteiger partial charge < -0.3 is 17.3 Å². The van der Waals surface area contributed by atoms with Gasteiger partial charge in [0.2, 0.25) is 0 Å². The molecule has 0 saturated carbocycles. The van der Waals surface area contributed by atoms with E-state index in [1.165, 1.54) is 232 Å². The van der Waals surface area contributed by atoms with Crippen LogP contribution in [0.4, 0.5) is 0 Å². The monoisotopic (exact) mass is 598 g/mol. The van der Waals surface area contributed by atoms with Gasteiger partial charge in [-0.05, 0) is 32.1 Å². The SMILES string of the molecule is CCCCCCCCCCCCCCCCCC1CCC[NH+](CCCCCCCCCCCCCCCCC)C1.[Cl-]. The van der Waals surface area contributed by atoms with Gasteiger partial charge in [-0.25, -0.2) is 0 Å². The number of unbranched alkanes of at least 4 members (excludes halogenated alkanes) is 28. The van der Waals surface area contributed by atoms with E-state index in [-0.39, 0.29) is 12.4 Å². The Morgan fingerprint density at radius 1 is 0.415 bits per heavy atom. The smallest absolute Gasteiger partial charge is 0.0799 e. The Bertz CT molecular complexity index is 426. The predicted molar refractivity (Wildman–Crippen MR) is 183 cm³/mol. The minimum Gasteiger partial charge on any atom is -1.00 e. The molecule has 1 fully saturated rings. The van der Waals surface area contributed by atoms with Crippen molar-refractivity contribution in [2.24, 2.45) is 5.92 Å². The Balaban J connectivity index is 0.0000160. The van der Waals surface area contributed by atoms with E-state index in [9.17, 15) is 0 Å². The second-order valence-electron chi connectivity index (χ2n) is 14.2. The molecule has 0 radical (unpaired) electrons. The summed E-state index contributed by atoms with van der Waals surface area (Å²) >= 11 is 0. The summed E-state index contributed by atoms with van der Waals surface area (Å²) in [4.78, 5) is 1.95. The molecule has 2 atom stereocenters. The fraction of sp³-hybridized carbons (Fsp3) is 1.00. The zero-order chi connectivity index (χ0) is 28.6. The highest BCUT2D eigenvalue weighted by Gasteiger charge is 2.22. The van der Waals surface area contributed by atoms with Crippen molar-refractivity contribution < 1.29 is 17.3 Å². The average Bonchev–Trinajstić information content (AvgIpc) is 2.97. The highest BCUT2D eigenvalue weighted by atomic mass is 35.5. The topological polar surface area (TPSA) is 4.44 Å². The van der Waals surface area contributed by atoms with Crippen LogP contribution in [-0.2, 0) is 0 Å². The van der Waals surface area contributed by atoms with E-state index in [1.54, 1.807) is 0 Å². The highest BCUT2D eigenvalue weighted by Crippen LogP contribution is 2.18. The van der Waals surface area contributed by atoms with Crippen molar-refractivity contribution in [1.29, 1.82) is 0 Å². The van der Waals surface area contributed by atoms with Gasteiger partial charge in [0.15, 0.2) is 0 Å². The van der Waals surface area contributed by atoms with E-state index >= 15 is 0 Å². The molecule has 1 heterocycles. The molecule has 0 bridgehead atoms. The number of halogens is 1. The molecule has 1 saturated heterocycles. The molecule has 2 heteroatoms. The van der Waals surface area contributed by atoms with Gasteiger partial charge in [0, 0.05) is 5.92 Å². The van der Waals surface area contributed by atoms with Gasteiger partial charge in [0.1, 0.15) is 0 Å². The molecular formula is C39H80ClN. The first-order valence-electron chi connectivity index (χ1n) is 19.7. The molecule has 0 aromatic rings. The maximum Gasteiger partial charge on any atom is 0.0799 e. The van der Waals surface area contributed by atoms with Crippen molar-refractivity contribution in [2.45, 2.75) is 226 Å². The predicted octanol–water partition coefficient (Wildman–Crippen LogP) is 9.42. The minimum atomic E-state index is 0. The first-order valence-corrected chi connectivity index (χ1v) is 19.7. The number of hydrogen-bond acceptors (Lipinski definition) is 0. The second kappa shape index (κ2) is 34.7. The lowest BCUT2D eigenvalue weighted by Gasteiger charge is -2.30. The van der Waals surface area contributed by atoms with Crippen molar-refractivity contribution in [1.82, 2.24) is 0 Å². The van der Waals surface area contributed by atoms with Crippen LogP contribution in [0.25, 0.3) is 0 Å². The molecule has 0 aliphatic carbocycles. The molecule has 2 unspecified atom stereocenters. The number of rotatable bonds is 32. The lowest BCUT2D eigenvalue weighted by Crippen LogP contribution is -3.13. The van der Waals surface area contributed by atoms with E-state index < -0.39 is 0 Å². The van der Waals surface area contributed by atoms with Gasteiger partial charge in [0.25, 0.3) is 0 Å². The summed E-state index contributed by atoms with van der Waals surface area (Å²) in [6.45, 7) is 9.05. The van der Waals surface area contributed by atoms with Crippen molar-refractivity contribution >= 4 is 0 Å². The summed E-state index contributed by atoms with van der Waals surface area (Å²) in [5, 5.41) is 0. The van der Waals surface area contributed by atoms with E-state index in [4.69, 9.17) is 0 Å². The Morgan fingerprint density at radius 2 is 0.732 bits per heavy atom. The van der Waals surface area contributed by atoms with Crippen LogP contribution >= 0.6 is 0 Å². The zero-order valence-electron chi connectivity index (χ0n) is 28.9. The summed E-state index contributed by atoms with van der Waals surface area (Å²) in [5.74, 6) is 1.04. The Labute approximate surface area is 268 Å².